The van der Waals surface area contributed by atoms with Crippen LogP contribution >= 0.6 is 0 Å². The SMILES string of the molecule is CC1=C(C(O)c2ccccc2)C(C)(C)CCC1. The number of benzene rings is 1. The minimum absolute atomic E-state index is 0.123. The van der Waals surface area contributed by atoms with Gasteiger partial charge in [-0.1, -0.05) is 49.8 Å². The van der Waals surface area contributed by atoms with Crippen LogP contribution in [0.3, 0.4) is 0 Å². The molecule has 1 aliphatic rings. The first kappa shape index (κ1) is 12.4. The topological polar surface area (TPSA) is 20.2 Å². The highest BCUT2D eigenvalue weighted by atomic mass is 16.3. The van der Waals surface area contributed by atoms with Gasteiger partial charge >= 0.3 is 0 Å². The van der Waals surface area contributed by atoms with Crippen LogP contribution in [-0.4, -0.2) is 5.11 Å². The molecule has 1 aromatic rings. The Morgan fingerprint density at radius 2 is 1.82 bits per heavy atom. The van der Waals surface area contributed by atoms with Gasteiger partial charge in [-0.05, 0) is 42.7 Å². The van der Waals surface area contributed by atoms with Gasteiger partial charge in [0.1, 0.15) is 6.10 Å². The molecule has 0 aliphatic heterocycles. The lowest BCUT2D eigenvalue weighted by molar-refractivity contribution is 0.171. The zero-order valence-corrected chi connectivity index (χ0v) is 11.0. The van der Waals surface area contributed by atoms with Crippen LogP contribution in [-0.2, 0) is 0 Å². The number of allylic oxidation sites excluding steroid dienone is 1. The van der Waals surface area contributed by atoms with E-state index in [-0.39, 0.29) is 5.41 Å². The second-order valence-electron chi connectivity index (χ2n) is 5.74. The lowest BCUT2D eigenvalue weighted by Gasteiger charge is -2.37. The van der Waals surface area contributed by atoms with Crippen molar-refractivity contribution in [1.29, 1.82) is 0 Å². The molecule has 1 nitrogen and oxygen atoms in total. The Bertz CT molecular complexity index is 414. The lowest BCUT2D eigenvalue weighted by Crippen LogP contribution is -2.25. The van der Waals surface area contributed by atoms with E-state index in [1.807, 2.05) is 30.3 Å². The number of hydrogen-bond donors (Lipinski definition) is 1. The molecule has 1 atom stereocenters. The fraction of sp³-hybridized carbons (Fsp3) is 0.500. The van der Waals surface area contributed by atoms with E-state index >= 15 is 0 Å². The molecule has 1 aromatic carbocycles. The molecule has 0 bridgehead atoms. The van der Waals surface area contributed by atoms with E-state index in [1.165, 1.54) is 24.0 Å². The largest absolute Gasteiger partial charge is 0.384 e. The summed E-state index contributed by atoms with van der Waals surface area (Å²) < 4.78 is 0. The Morgan fingerprint density at radius 1 is 1.18 bits per heavy atom. The molecule has 2 rings (SSSR count). The summed E-state index contributed by atoms with van der Waals surface area (Å²) in [5.41, 5.74) is 3.74. The molecule has 0 saturated heterocycles. The van der Waals surface area contributed by atoms with Gasteiger partial charge in [0.05, 0.1) is 0 Å². The minimum Gasteiger partial charge on any atom is -0.384 e. The summed E-state index contributed by atoms with van der Waals surface area (Å²) in [5.74, 6) is 0. The van der Waals surface area contributed by atoms with Gasteiger partial charge in [0.15, 0.2) is 0 Å². The van der Waals surface area contributed by atoms with Crippen LogP contribution in [0.5, 0.6) is 0 Å². The summed E-state index contributed by atoms with van der Waals surface area (Å²) in [6.45, 7) is 6.66. The number of hydrogen-bond acceptors (Lipinski definition) is 1. The minimum atomic E-state index is -0.438. The fourth-order valence-electron chi connectivity index (χ4n) is 3.05. The van der Waals surface area contributed by atoms with E-state index in [4.69, 9.17) is 0 Å². The maximum Gasteiger partial charge on any atom is 0.101 e. The van der Waals surface area contributed by atoms with Gasteiger partial charge in [-0.3, -0.25) is 0 Å². The highest BCUT2D eigenvalue weighted by Gasteiger charge is 2.33. The van der Waals surface area contributed by atoms with Crippen molar-refractivity contribution in [3.05, 3.63) is 47.0 Å². The average Bonchev–Trinajstić information content (AvgIpc) is 2.28. The molecule has 0 aromatic heterocycles. The van der Waals surface area contributed by atoms with Crippen LogP contribution in [0.15, 0.2) is 41.5 Å². The van der Waals surface area contributed by atoms with Gasteiger partial charge in [0, 0.05) is 0 Å². The van der Waals surface area contributed by atoms with Crippen LogP contribution in [0.25, 0.3) is 0 Å². The van der Waals surface area contributed by atoms with E-state index in [0.29, 0.717) is 0 Å². The van der Waals surface area contributed by atoms with E-state index in [2.05, 4.69) is 20.8 Å². The van der Waals surface area contributed by atoms with Gasteiger partial charge in [0.25, 0.3) is 0 Å². The summed E-state index contributed by atoms with van der Waals surface area (Å²) >= 11 is 0. The average molecular weight is 230 g/mol. The second-order valence-corrected chi connectivity index (χ2v) is 5.74. The molecule has 17 heavy (non-hydrogen) atoms. The zero-order valence-electron chi connectivity index (χ0n) is 11.0. The molecule has 0 heterocycles. The van der Waals surface area contributed by atoms with Crippen LogP contribution in [0.4, 0.5) is 0 Å². The number of aliphatic hydroxyl groups is 1. The third-order valence-electron chi connectivity index (χ3n) is 3.93. The molecule has 0 amide bonds. The Morgan fingerprint density at radius 3 is 2.41 bits per heavy atom. The number of aliphatic hydroxyl groups excluding tert-OH is 1. The molecular formula is C16H22O. The molecule has 0 spiro atoms. The van der Waals surface area contributed by atoms with Crippen LogP contribution < -0.4 is 0 Å². The Kier molecular flexibility index (Phi) is 3.39. The van der Waals surface area contributed by atoms with Gasteiger partial charge in [0.2, 0.25) is 0 Å². The molecule has 1 aliphatic carbocycles. The van der Waals surface area contributed by atoms with Crippen molar-refractivity contribution in [2.75, 3.05) is 0 Å². The predicted molar refractivity (Wildman–Crippen MR) is 71.7 cm³/mol. The summed E-state index contributed by atoms with van der Waals surface area (Å²) in [7, 11) is 0. The van der Waals surface area contributed by atoms with Crippen molar-refractivity contribution >= 4 is 0 Å². The highest BCUT2D eigenvalue weighted by Crippen LogP contribution is 2.45. The third kappa shape index (κ3) is 2.44. The first-order valence-electron chi connectivity index (χ1n) is 6.45. The van der Waals surface area contributed by atoms with Crippen molar-refractivity contribution < 1.29 is 5.11 Å². The zero-order chi connectivity index (χ0) is 12.5. The maximum atomic E-state index is 10.6. The smallest absolute Gasteiger partial charge is 0.101 e. The fourth-order valence-corrected chi connectivity index (χ4v) is 3.05. The molecule has 92 valence electrons. The molecule has 0 fully saturated rings. The quantitative estimate of drug-likeness (QED) is 0.753. The Labute approximate surface area is 104 Å². The van der Waals surface area contributed by atoms with Crippen LogP contribution in [0.1, 0.15) is 51.7 Å². The first-order valence-corrected chi connectivity index (χ1v) is 6.45. The van der Waals surface area contributed by atoms with Crippen LogP contribution in [0.2, 0.25) is 0 Å². The van der Waals surface area contributed by atoms with E-state index in [9.17, 15) is 5.11 Å². The van der Waals surface area contributed by atoms with Gasteiger partial charge in [-0.25, -0.2) is 0 Å². The molecular weight excluding hydrogens is 208 g/mol. The molecule has 0 saturated carbocycles. The monoisotopic (exact) mass is 230 g/mol. The standard InChI is InChI=1S/C16H22O/c1-12-8-7-11-16(2,3)14(12)15(17)13-9-5-4-6-10-13/h4-6,9-10,15,17H,7-8,11H2,1-3H3. The van der Waals surface area contributed by atoms with E-state index in [0.717, 1.165) is 12.0 Å². The summed E-state index contributed by atoms with van der Waals surface area (Å²) in [5, 5.41) is 10.6. The first-order chi connectivity index (χ1) is 8.02. The van der Waals surface area contributed by atoms with E-state index in [1.54, 1.807) is 0 Å². The van der Waals surface area contributed by atoms with Gasteiger partial charge in [-0.15, -0.1) is 0 Å². The molecule has 1 unspecified atom stereocenters. The van der Waals surface area contributed by atoms with E-state index < -0.39 is 6.10 Å². The summed E-state index contributed by atoms with van der Waals surface area (Å²) in [6, 6.07) is 9.99. The molecule has 0 radical (unpaired) electrons. The van der Waals surface area contributed by atoms with Crippen molar-refractivity contribution in [2.24, 2.45) is 5.41 Å². The van der Waals surface area contributed by atoms with Crippen molar-refractivity contribution in [3.8, 4) is 0 Å². The highest BCUT2D eigenvalue weighted by molar-refractivity contribution is 5.33. The van der Waals surface area contributed by atoms with Crippen molar-refractivity contribution in [1.82, 2.24) is 0 Å². The number of rotatable bonds is 2. The molecule has 1 N–H and O–H groups in total. The summed E-state index contributed by atoms with van der Waals surface area (Å²) in [4.78, 5) is 0. The van der Waals surface area contributed by atoms with Crippen LogP contribution in [0, 0.1) is 5.41 Å². The second kappa shape index (κ2) is 4.66. The normalized spacial score (nSPS) is 21.4. The van der Waals surface area contributed by atoms with Crippen molar-refractivity contribution in [3.63, 3.8) is 0 Å². The van der Waals surface area contributed by atoms with Gasteiger partial charge in [-0.2, -0.15) is 0 Å². The molecule has 1 heteroatoms. The maximum absolute atomic E-state index is 10.6. The van der Waals surface area contributed by atoms with Crippen molar-refractivity contribution in [2.45, 2.75) is 46.1 Å². The lowest BCUT2D eigenvalue weighted by atomic mass is 9.70. The summed E-state index contributed by atoms with van der Waals surface area (Å²) in [6.07, 6.45) is 3.10. The predicted octanol–water partition coefficient (Wildman–Crippen LogP) is 4.25. The Balaban J connectivity index is 2.38. The Hall–Kier alpha value is -1.08. The third-order valence-corrected chi connectivity index (χ3v) is 3.93. The van der Waals surface area contributed by atoms with Gasteiger partial charge < -0.3 is 5.11 Å².